The molecule has 0 unspecified atom stereocenters. The minimum absolute atomic E-state index is 0. The van der Waals surface area contributed by atoms with Gasteiger partial charge in [-0.05, 0) is 19.0 Å². The Labute approximate surface area is 185 Å². The molecular formula is C21H36CaO3. The minimum atomic E-state index is -2.33. The normalized spacial score (nSPS) is 10.3. The summed E-state index contributed by atoms with van der Waals surface area (Å²) in [7, 11) is 0. The van der Waals surface area contributed by atoms with E-state index in [9.17, 15) is 0 Å². The van der Waals surface area contributed by atoms with Crippen molar-refractivity contribution in [2.75, 3.05) is 0 Å². The van der Waals surface area contributed by atoms with E-state index in [1.165, 1.54) is 83.5 Å². The first-order valence-electron chi connectivity index (χ1n) is 9.47. The SMILES string of the molecule is C=CC=CC=CCCCCCCCCCCCCCC.O=C([O-])[O-].[Ca+2]. The second kappa shape index (κ2) is 28.5. The summed E-state index contributed by atoms with van der Waals surface area (Å²) in [6, 6.07) is 0. The monoisotopic (exact) mass is 376 g/mol. The van der Waals surface area contributed by atoms with Crippen molar-refractivity contribution in [3.63, 3.8) is 0 Å². The van der Waals surface area contributed by atoms with E-state index in [-0.39, 0.29) is 37.7 Å². The molecule has 3 nitrogen and oxygen atoms in total. The molecule has 0 rings (SSSR count). The molecule has 0 spiro atoms. The van der Waals surface area contributed by atoms with Crippen LogP contribution in [-0.4, -0.2) is 43.9 Å². The third-order valence-electron chi connectivity index (χ3n) is 3.72. The van der Waals surface area contributed by atoms with Crippen molar-refractivity contribution < 1.29 is 15.0 Å². The first-order valence-corrected chi connectivity index (χ1v) is 9.47. The molecule has 0 fully saturated rings. The molecule has 25 heavy (non-hydrogen) atoms. The molecule has 0 aromatic carbocycles. The molecule has 0 saturated carbocycles. The first kappa shape index (κ1) is 29.5. The Bertz CT molecular complexity index is 321. The molecule has 4 heteroatoms. The maximum Gasteiger partial charge on any atom is 2.00 e. The Kier molecular flexibility index (Phi) is 33.7. The molecule has 140 valence electrons. The van der Waals surface area contributed by atoms with Crippen molar-refractivity contribution in [1.82, 2.24) is 0 Å². The number of allylic oxidation sites excluding steroid dienone is 5. The van der Waals surface area contributed by atoms with Crippen LogP contribution in [0.1, 0.15) is 90.4 Å². The van der Waals surface area contributed by atoms with Crippen molar-refractivity contribution in [3.8, 4) is 0 Å². The van der Waals surface area contributed by atoms with Crippen molar-refractivity contribution in [1.29, 1.82) is 0 Å². The van der Waals surface area contributed by atoms with Crippen LogP contribution in [0.3, 0.4) is 0 Å². The van der Waals surface area contributed by atoms with Crippen molar-refractivity contribution in [2.45, 2.75) is 90.4 Å². The van der Waals surface area contributed by atoms with Gasteiger partial charge in [0, 0.05) is 0 Å². The molecule has 0 aromatic rings. The van der Waals surface area contributed by atoms with Gasteiger partial charge in [0.2, 0.25) is 0 Å². The van der Waals surface area contributed by atoms with Crippen molar-refractivity contribution in [3.05, 3.63) is 37.0 Å². The second-order valence-corrected chi connectivity index (χ2v) is 5.98. The van der Waals surface area contributed by atoms with Gasteiger partial charge in [0.15, 0.2) is 0 Å². The van der Waals surface area contributed by atoms with Gasteiger partial charge in [-0.3, -0.25) is 0 Å². The molecule has 0 aliphatic rings. The van der Waals surface area contributed by atoms with E-state index in [2.05, 4.69) is 25.7 Å². The van der Waals surface area contributed by atoms with Gasteiger partial charge in [-0.15, -0.1) is 0 Å². The van der Waals surface area contributed by atoms with Crippen LogP contribution < -0.4 is 10.2 Å². The van der Waals surface area contributed by atoms with Crippen LogP contribution in [-0.2, 0) is 0 Å². The number of unbranched alkanes of at least 4 members (excludes halogenated alkanes) is 12. The fraction of sp³-hybridized carbons (Fsp3) is 0.667. The van der Waals surface area contributed by atoms with Crippen LogP contribution in [0.4, 0.5) is 4.79 Å². The molecule has 0 bridgehead atoms. The maximum atomic E-state index is 8.33. The quantitative estimate of drug-likeness (QED) is 0.239. The van der Waals surface area contributed by atoms with Gasteiger partial charge in [-0.1, -0.05) is 115 Å². The molecule has 0 aliphatic heterocycles. The summed E-state index contributed by atoms with van der Waals surface area (Å²) in [4.78, 5) is 8.33. The third-order valence-corrected chi connectivity index (χ3v) is 3.72. The Morgan fingerprint density at radius 1 is 0.760 bits per heavy atom. The molecule has 0 saturated heterocycles. The topological polar surface area (TPSA) is 63.2 Å². The molecule has 0 N–H and O–H groups in total. The summed E-state index contributed by atoms with van der Waals surface area (Å²) < 4.78 is 0. The zero-order valence-corrected chi connectivity index (χ0v) is 18.4. The molecule has 0 aliphatic carbocycles. The van der Waals surface area contributed by atoms with Gasteiger partial charge < -0.3 is 15.0 Å². The maximum absolute atomic E-state index is 8.33. The fourth-order valence-corrected chi connectivity index (χ4v) is 2.42. The minimum Gasteiger partial charge on any atom is -0.652 e. The van der Waals surface area contributed by atoms with Gasteiger partial charge in [-0.2, -0.15) is 0 Å². The van der Waals surface area contributed by atoms with Crippen LogP contribution in [0.2, 0.25) is 0 Å². The van der Waals surface area contributed by atoms with E-state index >= 15 is 0 Å². The molecule has 0 radical (unpaired) electrons. The summed E-state index contributed by atoms with van der Waals surface area (Å²) in [6.45, 7) is 5.93. The number of rotatable bonds is 15. The van der Waals surface area contributed by atoms with E-state index in [4.69, 9.17) is 15.0 Å². The second-order valence-electron chi connectivity index (χ2n) is 5.98. The van der Waals surface area contributed by atoms with Crippen molar-refractivity contribution in [2.24, 2.45) is 0 Å². The average Bonchev–Trinajstić information content (AvgIpc) is 2.54. The zero-order valence-electron chi connectivity index (χ0n) is 16.2. The largest absolute Gasteiger partial charge is 2.00 e. The smallest absolute Gasteiger partial charge is 0.652 e. The van der Waals surface area contributed by atoms with E-state index < -0.39 is 6.16 Å². The molecule has 0 aromatic heterocycles. The summed E-state index contributed by atoms with van der Waals surface area (Å²) in [6.07, 6.45) is 26.2. The van der Waals surface area contributed by atoms with Gasteiger partial charge in [0.05, 0.1) is 0 Å². The summed E-state index contributed by atoms with van der Waals surface area (Å²) in [5, 5.41) is 16.7. The van der Waals surface area contributed by atoms with E-state index in [0.717, 1.165) is 0 Å². The third kappa shape index (κ3) is 40.0. The van der Waals surface area contributed by atoms with Crippen LogP contribution in [0.25, 0.3) is 0 Å². The molecule has 0 heterocycles. The summed E-state index contributed by atoms with van der Waals surface area (Å²) in [5.41, 5.74) is 0. The van der Waals surface area contributed by atoms with Crippen LogP contribution in [0, 0.1) is 0 Å². The Balaban J connectivity index is -0.000000867. The van der Waals surface area contributed by atoms with Crippen LogP contribution in [0.15, 0.2) is 37.0 Å². The number of hydrogen-bond acceptors (Lipinski definition) is 3. The van der Waals surface area contributed by atoms with E-state index in [1.807, 2.05) is 18.2 Å². The number of carbonyl (C=O) groups excluding carboxylic acids is 1. The Morgan fingerprint density at radius 2 is 1.16 bits per heavy atom. The van der Waals surface area contributed by atoms with Crippen molar-refractivity contribution >= 4 is 43.9 Å². The number of hydrogen-bond donors (Lipinski definition) is 0. The predicted octanol–water partition coefficient (Wildman–Crippen LogP) is 4.55. The average molecular weight is 377 g/mol. The predicted molar refractivity (Wildman–Crippen MR) is 105 cm³/mol. The fourth-order valence-electron chi connectivity index (χ4n) is 2.42. The molecule has 0 atom stereocenters. The standard InChI is InChI=1S/C20H36.CH2O3.Ca/c1-3-5-7-9-11-13-15-17-19-20-18-16-14-12-10-8-6-4-2;2-1(3)4;/h3,5,7,9,11H,1,4,6,8,10,12-20H2,2H3;(H2,2,3,4);/q;;+2/p-2. The van der Waals surface area contributed by atoms with Gasteiger partial charge in [-0.25, -0.2) is 0 Å². The van der Waals surface area contributed by atoms with Crippen LogP contribution >= 0.6 is 0 Å². The molecular weight excluding hydrogens is 340 g/mol. The van der Waals surface area contributed by atoms with Gasteiger partial charge in [0.25, 0.3) is 0 Å². The van der Waals surface area contributed by atoms with Gasteiger partial charge >= 0.3 is 37.7 Å². The number of carboxylic acid groups (broad SMARTS) is 2. The zero-order chi connectivity index (χ0) is 18.3. The van der Waals surface area contributed by atoms with E-state index in [1.54, 1.807) is 0 Å². The van der Waals surface area contributed by atoms with Gasteiger partial charge in [0.1, 0.15) is 0 Å². The first-order chi connectivity index (χ1) is 11.6. The molecule has 0 amide bonds. The summed E-state index contributed by atoms with van der Waals surface area (Å²) >= 11 is 0. The summed E-state index contributed by atoms with van der Waals surface area (Å²) in [5.74, 6) is 0. The number of carbonyl (C=O) groups is 1. The van der Waals surface area contributed by atoms with Crippen LogP contribution in [0.5, 0.6) is 0 Å². The Morgan fingerprint density at radius 3 is 1.56 bits per heavy atom. The Hall–Kier alpha value is -0.250. The van der Waals surface area contributed by atoms with E-state index in [0.29, 0.717) is 0 Å².